The maximum atomic E-state index is 12.9. The van der Waals surface area contributed by atoms with Gasteiger partial charge in [-0.2, -0.15) is 0 Å². The zero-order valence-electron chi connectivity index (χ0n) is 9.13. The van der Waals surface area contributed by atoms with E-state index >= 15 is 0 Å². The van der Waals surface area contributed by atoms with Gasteiger partial charge in [0.15, 0.2) is 0 Å². The predicted octanol–water partition coefficient (Wildman–Crippen LogP) is 1.85. The molecule has 86 valence electrons. The maximum Gasteiger partial charge on any atom is 0.201 e. The molecular formula is C11H15FN4. The van der Waals surface area contributed by atoms with Gasteiger partial charge >= 0.3 is 0 Å². The van der Waals surface area contributed by atoms with E-state index in [2.05, 4.69) is 15.3 Å². The number of nitrogens with zero attached hydrogens (tertiary/aromatic N) is 1. The van der Waals surface area contributed by atoms with Crippen molar-refractivity contribution in [2.24, 2.45) is 5.73 Å². The molecule has 0 fully saturated rings. The van der Waals surface area contributed by atoms with Crippen LogP contribution in [0.1, 0.15) is 13.3 Å². The number of rotatable bonds is 4. The third-order valence-electron chi connectivity index (χ3n) is 2.50. The van der Waals surface area contributed by atoms with E-state index in [0.717, 1.165) is 11.9 Å². The van der Waals surface area contributed by atoms with Crippen molar-refractivity contribution in [2.45, 2.75) is 19.4 Å². The molecule has 0 bridgehead atoms. The second-order valence-electron chi connectivity index (χ2n) is 3.80. The number of anilines is 1. The third-order valence-corrected chi connectivity index (χ3v) is 2.50. The molecule has 1 aromatic heterocycles. The Morgan fingerprint density at radius 2 is 2.38 bits per heavy atom. The standard InChI is InChI=1S/C11H15FN4/c1-2-8(13)6-14-11-15-9-4-3-7(12)5-10(9)16-11/h3-5,8H,2,6,13H2,1H3,(H2,14,15,16). The Labute approximate surface area is 93.1 Å². The molecule has 2 rings (SSSR count). The molecule has 0 saturated heterocycles. The van der Waals surface area contributed by atoms with Gasteiger partial charge < -0.3 is 16.0 Å². The molecule has 0 aliphatic carbocycles. The molecule has 16 heavy (non-hydrogen) atoms. The van der Waals surface area contributed by atoms with Crippen molar-refractivity contribution in [3.05, 3.63) is 24.0 Å². The average Bonchev–Trinajstić information content (AvgIpc) is 2.67. The summed E-state index contributed by atoms with van der Waals surface area (Å²) >= 11 is 0. The minimum absolute atomic E-state index is 0.102. The Morgan fingerprint density at radius 1 is 1.56 bits per heavy atom. The van der Waals surface area contributed by atoms with Crippen molar-refractivity contribution in [1.29, 1.82) is 0 Å². The number of benzene rings is 1. The predicted molar refractivity (Wildman–Crippen MR) is 62.8 cm³/mol. The van der Waals surface area contributed by atoms with Crippen LogP contribution < -0.4 is 11.1 Å². The summed E-state index contributed by atoms with van der Waals surface area (Å²) in [4.78, 5) is 7.27. The highest BCUT2D eigenvalue weighted by Crippen LogP contribution is 2.15. The Bertz CT molecular complexity index is 480. The third kappa shape index (κ3) is 2.30. The van der Waals surface area contributed by atoms with Crippen molar-refractivity contribution in [2.75, 3.05) is 11.9 Å². The van der Waals surface area contributed by atoms with Gasteiger partial charge in [0.1, 0.15) is 5.82 Å². The Kier molecular flexibility index (Phi) is 3.05. The van der Waals surface area contributed by atoms with Crippen molar-refractivity contribution in [3.63, 3.8) is 0 Å². The smallest absolute Gasteiger partial charge is 0.201 e. The van der Waals surface area contributed by atoms with Crippen LogP contribution in [-0.4, -0.2) is 22.6 Å². The summed E-state index contributed by atoms with van der Waals surface area (Å²) in [6, 6.07) is 4.56. The molecule has 0 saturated carbocycles. The van der Waals surface area contributed by atoms with Crippen molar-refractivity contribution in [3.8, 4) is 0 Å². The highest BCUT2D eigenvalue weighted by atomic mass is 19.1. The number of hydrogen-bond acceptors (Lipinski definition) is 3. The number of aromatic nitrogens is 2. The topological polar surface area (TPSA) is 66.7 Å². The largest absolute Gasteiger partial charge is 0.354 e. The summed E-state index contributed by atoms with van der Waals surface area (Å²) in [6.45, 7) is 2.68. The fourth-order valence-electron chi connectivity index (χ4n) is 1.44. The molecule has 2 aromatic rings. The average molecular weight is 222 g/mol. The number of fused-ring (bicyclic) bond motifs is 1. The number of nitrogens with one attached hydrogen (secondary N) is 2. The molecule has 1 heterocycles. The van der Waals surface area contributed by atoms with Crippen molar-refractivity contribution in [1.82, 2.24) is 9.97 Å². The van der Waals surface area contributed by atoms with E-state index in [9.17, 15) is 4.39 Å². The number of aromatic amines is 1. The minimum Gasteiger partial charge on any atom is -0.354 e. The monoisotopic (exact) mass is 222 g/mol. The SMILES string of the molecule is CCC(N)CNc1nc2ccc(F)cc2[nH]1. The van der Waals surface area contributed by atoms with Crippen LogP contribution in [0, 0.1) is 5.82 Å². The Morgan fingerprint density at radius 3 is 3.12 bits per heavy atom. The number of hydrogen-bond donors (Lipinski definition) is 3. The molecule has 0 radical (unpaired) electrons. The normalized spacial score (nSPS) is 12.9. The van der Waals surface area contributed by atoms with Crippen LogP contribution in [-0.2, 0) is 0 Å². The molecule has 1 aromatic carbocycles. The van der Waals surface area contributed by atoms with Gasteiger partial charge in [0, 0.05) is 12.6 Å². The molecule has 4 N–H and O–H groups in total. The molecule has 4 nitrogen and oxygen atoms in total. The van der Waals surface area contributed by atoms with Crippen LogP contribution in [0.15, 0.2) is 18.2 Å². The highest BCUT2D eigenvalue weighted by Gasteiger charge is 2.04. The maximum absolute atomic E-state index is 12.9. The van der Waals surface area contributed by atoms with Gasteiger partial charge in [-0.05, 0) is 24.6 Å². The lowest BCUT2D eigenvalue weighted by molar-refractivity contribution is 0.629. The first-order chi connectivity index (χ1) is 7.69. The van der Waals surface area contributed by atoms with E-state index in [-0.39, 0.29) is 11.9 Å². The second-order valence-corrected chi connectivity index (χ2v) is 3.80. The first kappa shape index (κ1) is 10.9. The second kappa shape index (κ2) is 4.49. The lowest BCUT2D eigenvalue weighted by Gasteiger charge is -2.08. The summed E-state index contributed by atoms with van der Waals surface area (Å²) in [7, 11) is 0. The van der Waals surface area contributed by atoms with Gasteiger partial charge in [0.2, 0.25) is 5.95 Å². The lowest BCUT2D eigenvalue weighted by atomic mass is 10.2. The molecule has 0 amide bonds. The van der Waals surface area contributed by atoms with E-state index in [1.54, 1.807) is 6.07 Å². The van der Waals surface area contributed by atoms with Gasteiger partial charge in [-0.15, -0.1) is 0 Å². The van der Waals surface area contributed by atoms with Gasteiger partial charge in [-0.1, -0.05) is 6.92 Å². The molecular weight excluding hydrogens is 207 g/mol. The van der Waals surface area contributed by atoms with Crippen LogP contribution in [0.5, 0.6) is 0 Å². The van der Waals surface area contributed by atoms with E-state index in [0.29, 0.717) is 18.0 Å². The van der Waals surface area contributed by atoms with Crippen molar-refractivity contribution >= 4 is 17.0 Å². The van der Waals surface area contributed by atoms with Crippen LogP contribution in [0.3, 0.4) is 0 Å². The molecule has 0 spiro atoms. The van der Waals surface area contributed by atoms with Gasteiger partial charge in [-0.25, -0.2) is 9.37 Å². The summed E-state index contributed by atoms with van der Waals surface area (Å²) in [5.74, 6) is 0.359. The first-order valence-electron chi connectivity index (χ1n) is 5.33. The fourth-order valence-corrected chi connectivity index (χ4v) is 1.44. The lowest BCUT2D eigenvalue weighted by Crippen LogP contribution is -2.28. The van der Waals surface area contributed by atoms with E-state index in [1.165, 1.54) is 12.1 Å². The molecule has 5 heteroatoms. The van der Waals surface area contributed by atoms with E-state index < -0.39 is 0 Å². The van der Waals surface area contributed by atoms with Crippen molar-refractivity contribution < 1.29 is 4.39 Å². The summed E-state index contributed by atoms with van der Waals surface area (Å²) in [5, 5.41) is 3.09. The van der Waals surface area contributed by atoms with Gasteiger partial charge in [-0.3, -0.25) is 0 Å². The summed E-state index contributed by atoms with van der Waals surface area (Å²) in [6.07, 6.45) is 0.905. The Balaban J connectivity index is 2.13. The van der Waals surface area contributed by atoms with Crippen LogP contribution in [0.4, 0.5) is 10.3 Å². The fraction of sp³-hybridized carbons (Fsp3) is 0.364. The quantitative estimate of drug-likeness (QED) is 0.739. The summed E-state index contributed by atoms with van der Waals surface area (Å²) in [5.41, 5.74) is 7.21. The first-order valence-corrected chi connectivity index (χ1v) is 5.33. The minimum atomic E-state index is -0.270. The van der Waals surface area contributed by atoms with Crippen LogP contribution in [0.2, 0.25) is 0 Å². The number of halogens is 1. The highest BCUT2D eigenvalue weighted by molar-refractivity contribution is 5.77. The zero-order chi connectivity index (χ0) is 11.5. The summed E-state index contributed by atoms with van der Waals surface area (Å²) < 4.78 is 12.9. The van der Waals surface area contributed by atoms with Gasteiger partial charge in [0.05, 0.1) is 11.0 Å². The Hall–Kier alpha value is -1.62. The van der Waals surface area contributed by atoms with Crippen LogP contribution >= 0.6 is 0 Å². The molecule has 0 aliphatic rings. The number of nitrogens with two attached hydrogens (primary N) is 1. The van der Waals surface area contributed by atoms with E-state index in [4.69, 9.17) is 5.73 Å². The zero-order valence-corrected chi connectivity index (χ0v) is 9.13. The number of H-pyrrole nitrogens is 1. The van der Waals surface area contributed by atoms with Crippen LogP contribution in [0.25, 0.3) is 11.0 Å². The molecule has 1 unspecified atom stereocenters. The van der Waals surface area contributed by atoms with Gasteiger partial charge in [0.25, 0.3) is 0 Å². The number of imidazole rings is 1. The van der Waals surface area contributed by atoms with E-state index in [1.807, 2.05) is 6.92 Å². The molecule has 0 aliphatic heterocycles. The molecule has 1 atom stereocenters.